The maximum absolute atomic E-state index is 13.1. The fourth-order valence-electron chi connectivity index (χ4n) is 3.06. The van der Waals surface area contributed by atoms with Gasteiger partial charge in [0.25, 0.3) is 11.8 Å². The molecule has 0 saturated carbocycles. The van der Waals surface area contributed by atoms with Gasteiger partial charge in [-0.3, -0.25) is 24.6 Å². The van der Waals surface area contributed by atoms with Crippen molar-refractivity contribution in [3.63, 3.8) is 0 Å². The first kappa shape index (κ1) is 21.4. The Labute approximate surface area is 164 Å². The highest BCUT2D eigenvalue weighted by atomic mass is 16.5. The van der Waals surface area contributed by atoms with Crippen LogP contribution in [0.4, 0.5) is 16.2 Å². The number of hydrogen-bond donors (Lipinski definition) is 3. The van der Waals surface area contributed by atoms with Crippen LogP contribution in [-0.4, -0.2) is 55.6 Å². The molecule has 1 aliphatic rings. The summed E-state index contributed by atoms with van der Waals surface area (Å²) >= 11 is 0. The summed E-state index contributed by atoms with van der Waals surface area (Å²) in [6.07, 6.45) is -0.808. The number of carbonyl (C=O) groups is 4. The first-order valence-electron chi connectivity index (χ1n) is 9.24. The van der Waals surface area contributed by atoms with E-state index in [0.29, 0.717) is 22.8 Å². The van der Waals surface area contributed by atoms with Crippen LogP contribution in [0.1, 0.15) is 27.7 Å². The Balaban J connectivity index is 2.14. The van der Waals surface area contributed by atoms with E-state index in [4.69, 9.17) is 0 Å². The van der Waals surface area contributed by atoms with Gasteiger partial charge in [-0.1, -0.05) is 12.1 Å². The zero-order valence-electron chi connectivity index (χ0n) is 16.6. The van der Waals surface area contributed by atoms with Crippen molar-refractivity contribution >= 4 is 35.2 Å². The molecule has 28 heavy (non-hydrogen) atoms. The number of imide groups is 1. The lowest BCUT2D eigenvalue weighted by Gasteiger charge is -2.42. The van der Waals surface area contributed by atoms with E-state index < -0.39 is 17.5 Å². The third-order valence-corrected chi connectivity index (χ3v) is 4.59. The van der Waals surface area contributed by atoms with E-state index >= 15 is 0 Å². The van der Waals surface area contributed by atoms with Gasteiger partial charge >= 0.3 is 6.09 Å². The lowest BCUT2D eigenvalue weighted by molar-refractivity contribution is -0.881. The van der Waals surface area contributed by atoms with Crippen LogP contribution in [0.5, 0.6) is 0 Å². The Kier molecular flexibility index (Phi) is 6.74. The van der Waals surface area contributed by atoms with E-state index in [2.05, 4.69) is 15.4 Å². The van der Waals surface area contributed by atoms with Gasteiger partial charge in [-0.25, -0.2) is 4.79 Å². The van der Waals surface area contributed by atoms with Crippen LogP contribution in [0, 0.1) is 0 Å². The average Bonchev–Trinajstić information content (AvgIpc) is 2.61. The topological polar surface area (TPSA) is 109 Å². The molecule has 2 rings (SSSR count). The lowest BCUT2D eigenvalue weighted by atomic mass is 9.96. The summed E-state index contributed by atoms with van der Waals surface area (Å²) in [5.41, 5.74) is 0.110. The van der Waals surface area contributed by atoms with Crippen molar-refractivity contribution < 1.29 is 28.8 Å². The normalized spacial score (nSPS) is 15.9. The smallest absolute Gasteiger partial charge is 0.414 e. The molecule has 0 radical (unpaired) electrons. The van der Waals surface area contributed by atoms with Crippen LogP contribution in [0.2, 0.25) is 0 Å². The van der Waals surface area contributed by atoms with Gasteiger partial charge < -0.3 is 15.0 Å². The van der Waals surface area contributed by atoms with Crippen LogP contribution in [0.25, 0.3) is 0 Å². The van der Waals surface area contributed by atoms with Crippen LogP contribution < -0.4 is 20.4 Å². The van der Waals surface area contributed by atoms with Crippen LogP contribution >= 0.6 is 0 Å². The number of fused-ring (bicyclic) bond motifs is 1. The highest BCUT2D eigenvalue weighted by molar-refractivity contribution is 6.14. The Hall–Kier alpha value is -2.94. The molecule has 9 nitrogen and oxygen atoms in total. The number of para-hydroxylation sites is 2. The molecule has 3 N–H and O–H groups in total. The Bertz CT molecular complexity index is 777. The SMILES string of the molecule is CCOC(=O)NC(=O)C[NH+](CC)CC(=O)N1c2ccccc2NC(=O)C1(C)C. The maximum Gasteiger partial charge on any atom is 0.414 e. The number of ether oxygens (including phenoxy) is 1. The predicted octanol–water partition coefficient (Wildman–Crippen LogP) is -0.0722. The molecule has 0 aromatic heterocycles. The summed E-state index contributed by atoms with van der Waals surface area (Å²) < 4.78 is 4.68. The van der Waals surface area contributed by atoms with Crippen LogP contribution in [0.15, 0.2) is 24.3 Å². The van der Waals surface area contributed by atoms with Crippen molar-refractivity contribution in [1.82, 2.24) is 5.32 Å². The van der Waals surface area contributed by atoms with Gasteiger partial charge in [-0.05, 0) is 39.8 Å². The number of likely N-dealkylation sites (N-methyl/N-ethyl adjacent to an activating group) is 1. The second-order valence-electron chi connectivity index (χ2n) is 6.99. The molecule has 1 aromatic carbocycles. The Morgan fingerprint density at radius 2 is 1.86 bits per heavy atom. The summed E-state index contributed by atoms with van der Waals surface area (Å²) in [6, 6.07) is 7.08. The van der Waals surface area contributed by atoms with Gasteiger partial charge in [0, 0.05) is 0 Å². The fraction of sp³-hybridized carbons (Fsp3) is 0.474. The van der Waals surface area contributed by atoms with Gasteiger partial charge in [0.1, 0.15) is 5.54 Å². The summed E-state index contributed by atoms with van der Waals surface area (Å²) in [5.74, 6) is -1.09. The van der Waals surface area contributed by atoms with Crippen molar-refractivity contribution in [2.45, 2.75) is 33.2 Å². The van der Waals surface area contributed by atoms with Gasteiger partial charge in [0.05, 0.1) is 24.5 Å². The number of hydrogen-bond acceptors (Lipinski definition) is 5. The standard InChI is InChI=1S/C19H26N4O5/c1-5-22(11-15(24)21-18(27)28-6-2)12-16(25)23-14-10-8-7-9-13(14)20-17(26)19(23,3)4/h7-10H,5-6,11-12H2,1-4H3,(H,20,26)(H,21,24,27)/p+1. The largest absolute Gasteiger partial charge is 0.450 e. The molecule has 1 heterocycles. The number of amides is 4. The van der Waals surface area contributed by atoms with Gasteiger partial charge in [0.15, 0.2) is 13.1 Å². The van der Waals surface area contributed by atoms with Gasteiger partial charge in [-0.15, -0.1) is 0 Å². The first-order chi connectivity index (χ1) is 13.2. The maximum atomic E-state index is 13.1. The van der Waals surface area contributed by atoms with Crippen molar-refractivity contribution in [3.8, 4) is 0 Å². The van der Waals surface area contributed by atoms with E-state index in [0.717, 1.165) is 0 Å². The van der Waals surface area contributed by atoms with E-state index in [1.807, 2.05) is 6.92 Å². The lowest BCUT2D eigenvalue weighted by Crippen LogP contribution is -3.14. The number of rotatable bonds is 6. The molecule has 1 aliphatic heterocycles. The number of anilines is 2. The molecule has 9 heteroatoms. The van der Waals surface area contributed by atoms with Crippen molar-refractivity contribution in [3.05, 3.63) is 24.3 Å². The van der Waals surface area contributed by atoms with E-state index in [9.17, 15) is 19.2 Å². The zero-order valence-corrected chi connectivity index (χ0v) is 16.6. The number of alkyl carbamates (subject to hydrolysis) is 1. The third-order valence-electron chi connectivity index (χ3n) is 4.59. The van der Waals surface area contributed by atoms with E-state index in [1.165, 1.54) is 4.90 Å². The molecule has 0 bridgehead atoms. The van der Waals surface area contributed by atoms with Crippen LogP contribution in [-0.2, 0) is 19.1 Å². The molecule has 1 atom stereocenters. The number of nitrogens with one attached hydrogen (secondary N) is 3. The average molecular weight is 391 g/mol. The number of benzene rings is 1. The minimum Gasteiger partial charge on any atom is -0.450 e. The van der Waals surface area contributed by atoms with Crippen molar-refractivity contribution in [1.29, 1.82) is 0 Å². The summed E-state index contributed by atoms with van der Waals surface area (Å²) in [4.78, 5) is 51.1. The van der Waals surface area contributed by atoms with Gasteiger partial charge in [-0.2, -0.15) is 0 Å². The number of carbonyl (C=O) groups excluding carboxylic acids is 4. The van der Waals surface area contributed by atoms with Crippen LogP contribution in [0.3, 0.4) is 0 Å². The quantitative estimate of drug-likeness (QED) is 0.629. The van der Waals surface area contributed by atoms with Crippen molar-refractivity contribution in [2.75, 3.05) is 36.5 Å². The van der Waals surface area contributed by atoms with E-state index in [1.54, 1.807) is 45.0 Å². The molecule has 0 fully saturated rings. The predicted molar refractivity (Wildman–Crippen MR) is 103 cm³/mol. The molecular weight excluding hydrogens is 364 g/mol. The monoisotopic (exact) mass is 391 g/mol. The molecule has 1 unspecified atom stereocenters. The number of nitrogens with zero attached hydrogens (tertiary/aromatic N) is 1. The molecule has 0 spiro atoms. The molecule has 4 amide bonds. The summed E-state index contributed by atoms with van der Waals surface area (Å²) in [5, 5.41) is 4.94. The Morgan fingerprint density at radius 1 is 1.18 bits per heavy atom. The van der Waals surface area contributed by atoms with Crippen molar-refractivity contribution in [2.24, 2.45) is 0 Å². The van der Waals surface area contributed by atoms with E-state index in [-0.39, 0.29) is 31.5 Å². The number of quaternary nitrogens is 1. The molecule has 0 saturated heterocycles. The minimum absolute atomic E-state index is 0.00219. The zero-order chi connectivity index (χ0) is 20.9. The molecule has 152 valence electrons. The van der Waals surface area contributed by atoms with Gasteiger partial charge in [0.2, 0.25) is 5.91 Å². The second kappa shape index (κ2) is 8.83. The molecule has 1 aromatic rings. The molecule has 0 aliphatic carbocycles. The summed E-state index contributed by atoms with van der Waals surface area (Å²) in [7, 11) is 0. The second-order valence-corrected chi connectivity index (χ2v) is 6.99. The fourth-order valence-corrected chi connectivity index (χ4v) is 3.06. The minimum atomic E-state index is -1.07. The first-order valence-corrected chi connectivity index (χ1v) is 9.24. The highest BCUT2D eigenvalue weighted by Gasteiger charge is 2.44. The Morgan fingerprint density at radius 3 is 2.50 bits per heavy atom. The molecular formula is C19H27N4O5+. The summed E-state index contributed by atoms with van der Waals surface area (Å²) in [6.45, 7) is 7.41. The highest BCUT2D eigenvalue weighted by Crippen LogP contribution is 2.36. The third kappa shape index (κ3) is 4.66.